The van der Waals surface area contributed by atoms with Crippen molar-refractivity contribution in [3.8, 4) is 5.75 Å². The highest BCUT2D eigenvalue weighted by molar-refractivity contribution is 6.73. The van der Waals surface area contributed by atoms with Gasteiger partial charge in [-0.25, -0.2) is 4.39 Å². The third kappa shape index (κ3) is 5.48. The lowest BCUT2D eigenvalue weighted by Crippen LogP contribution is -2.34. The molecule has 0 spiro atoms. The number of benzene rings is 1. The summed E-state index contributed by atoms with van der Waals surface area (Å²) in [6.07, 6.45) is 0. The topological polar surface area (TPSA) is 27.7 Å². The molecule has 0 saturated heterocycles. The number of methoxy groups -OCH3 is 1. The van der Waals surface area contributed by atoms with Gasteiger partial charge in [0, 0.05) is 7.11 Å². The van der Waals surface area contributed by atoms with Gasteiger partial charge in [0.1, 0.15) is 6.61 Å². The Morgan fingerprint density at radius 2 is 1.74 bits per heavy atom. The molecule has 1 aromatic carbocycles. The van der Waals surface area contributed by atoms with E-state index in [1.807, 2.05) is 0 Å². The van der Waals surface area contributed by atoms with Crippen LogP contribution in [0.5, 0.6) is 5.75 Å². The van der Waals surface area contributed by atoms with Crippen LogP contribution in [0.2, 0.25) is 0 Å². The summed E-state index contributed by atoms with van der Waals surface area (Å²) in [5.74, 6) is -1.26. The number of hydrogen-bond acceptors (Lipinski definition) is 3. The predicted octanol–water partition coefficient (Wildman–Crippen LogP) is 1.92. The molecule has 0 aliphatic carbocycles. The molecule has 8 heteroatoms. The highest BCUT2D eigenvalue weighted by Crippen LogP contribution is 2.18. The van der Waals surface area contributed by atoms with Crippen molar-refractivity contribution in [3.63, 3.8) is 0 Å². The molecule has 0 heterocycles. The highest BCUT2D eigenvalue weighted by atomic mass is 19.4. The first-order valence-corrected chi connectivity index (χ1v) is 5.64. The Labute approximate surface area is 108 Å². The standard InChI is InChI=1S/C11H14BF4O3/c1-17-4-5-18-6-7-19-11-8-9(12(14,15)16)2-3-10(11)13/h2-3,8H,4-7H2,1H3/q-1. The first-order chi connectivity index (χ1) is 8.95. The maximum atomic E-state index is 13.2. The van der Waals surface area contributed by atoms with Crippen LogP contribution in [0.3, 0.4) is 0 Å². The van der Waals surface area contributed by atoms with Gasteiger partial charge < -0.3 is 27.2 Å². The number of rotatable bonds is 8. The van der Waals surface area contributed by atoms with E-state index in [0.29, 0.717) is 25.3 Å². The Kier molecular flexibility index (Phi) is 6.10. The monoisotopic (exact) mass is 281 g/mol. The maximum absolute atomic E-state index is 13.2. The lowest BCUT2D eigenvalue weighted by Gasteiger charge is -2.16. The minimum Gasteiger partial charge on any atom is -0.488 e. The Morgan fingerprint density at radius 3 is 2.37 bits per heavy atom. The van der Waals surface area contributed by atoms with Gasteiger partial charge in [-0.05, 0) is 12.1 Å². The highest BCUT2D eigenvalue weighted by Gasteiger charge is 2.26. The van der Waals surface area contributed by atoms with Crippen molar-refractivity contribution in [2.45, 2.75) is 0 Å². The van der Waals surface area contributed by atoms with Gasteiger partial charge in [0.05, 0.1) is 19.8 Å². The van der Waals surface area contributed by atoms with Crippen LogP contribution in [0.1, 0.15) is 0 Å². The third-order valence-electron chi connectivity index (χ3n) is 2.25. The lowest BCUT2D eigenvalue weighted by molar-refractivity contribution is 0.0538. The average Bonchev–Trinajstić information content (AvgIpc) is 2.34. The van der Waals surface area contributed by atoms with Gasteiger partial charge in [0.25, 0.3) is 0 Å². The average molecular weight is 281 g/mol. The predicted molar refractivity (Wildman–Crippen MR) is 63.3 cm³/mol. The zero-order valence-electron chi connectivity index (χ0n) is 10.4. The lowest BCUT2D eigenvalue weighted by atomic mass is 9.80. The van der Waals surface area contributed by atoms with Crippen LogP contribution in [0, 0.1) is 5.82 Å². The van der Waals surface area contributed by atoms with Gasteiger partial charge in [-0.1, -0.05) is 6.07 Å². The zero-order chi connectivity index (χ0) is 14.3. The van der Waals surface area contributed by atoms with Crippen LogP contribution in [0.15, 0.2) is 18.2 Å². The van der Waals surface area contributed by atoms with Crippen LogP contribution in [0.25, 0.3) is 0 Å². The second-order valence-electron chi connectivity index (χ2n) is 3.72. The molecule has 108 valence electrons. The van der Waals surface area contributed by atoms with E-state index in [0.717, 1.165) is 6.07 Å². The fraction of sp³-hybridized carbons (Fsp3) is 0.455. The number of ether oxygens (including phenoxy) is 3. The van der Waals surface area contributed by atoms with Gasteiger partial charge in [-0.15, -0.1) is 5.46 Å². The Hall–Kier alpha value is -1.28. The minimum atomic E-state index is -5.17. The van der Waals surface area contributed by atoms with E-state index < -0.39 is 24.0 Å². The summed E-state index contributed by atoms with van der Waals surface area (Å²) in [7, 11) is 1.51. The fourth-order valence-electron chi connectivity index (χ4n) is 1.29. The third-order valence-corrected chi connectivity index (χ3v) is 2.25. The van der Waals surface area contributed by atoms with Crippen molar-refractivity contribution in [1.29, 1.82) is 0 Å². The summed E-state index contributed by atoms with van der Waals surface area (Å²) in [5.41, 5.74) is -0.892. The molecule has 0 bridgehead atoms. The van der Waals surface area contributed by atoms with Gasteiger partial charge >= 0.3 is 6.98 Å². The van der Waals surface area contributed by atoms with Crippen LogP contribution in [0.4, 0.5) is 17.3 Å². The molecule has 0 saturated carbocycles. The van der Waals surface area contributed by atoms with Crippen molar-refractivity contribution in [2.24, 2.45) is 0 Å². The van der Waals surface area contributed by atoms with E-state index in [9.17, 15) is 17.3 Å². The van der Waals surface area contributed by atoms with E-state index in [4.69, 9.17) is 14.2 Å². The molecule has 0 radical (unpaired) electrons. The Morgan fingerprint density at radius 1 is 1.05 bits per heavy atom. The molecular formula is C11H14BF4O3-. The quantitative estimate of drug-likeness (QED) is 0.414. The fourth-order valence-corrected chi connectivity index (χ4v) is 1.29. The summed E-state index contributed by atoms with van der Waals surface area (Å²) in [4.78, 5) is 0. The second-order valence-corrected chi connectivity index (χ2v) is 3.72. The molecule has 19 heavy (non-hydrogen) atoms. The summed E-state index contributed by atoms with van der Waals surface area (Å²) in [6.45, 7) is -4.31. The molecule has 0 aromatic heterocycles. The van der Waals surface area contributed by atoms with Crippen molar-refractivity contribution < 1.29 is 31.5 Å². The minimum absolute atomic E-state index is 0.0328. The van der Waals surface area contributed by atoms with Gasteiger partial charge in [-0.2, -0.15) is 0 Å². The molecule has 1 aromatic rings. The first kappa shape index (κ1) is 15.8. The molecule has 0 amide bonds. The molecule has 0 aliphatic heterocycles. The van der Waals surface area contributed by atoms with Crippen molar-refractivity contribution in [1.82, 2.24) is 0 Å². The van der Waals surface area contributed by atoms with Crippen molar-refractivity contribution >= 4 is 12.4 Å². The summed E-state index contributed by atoms with van der Waals surface area (Å²) in [6, 6.07) is 2.09. The maximum Gasteiger partial charge on any atom is 0.509 e. The number of halogens is 4. The Bertz CT molecular complexity index is 398. The van der Waals surface area contributed by atoms with E-state index in [1.165, 1.54) is 7.11 Å². The van der Waals surface area contributed by atoms with E-state index in [-0.39, 0.29) is 13.2 Å². The summed E-state index contributed by atoms with van der Waals surface area (Å²) < 4.78 is 65.4. The molecule has 0 unspecified atom stereocenters. The van der Waals surface area contributed by atoms with Gasteiger partial charge in [0.15, 0.2) is 11.6 Å². The van der Waals surface area contributed by atoms with E-state index in [2.05, 4.69) is 0 Å². The molecular weight excluding hydrogens is 267 g/mol. The molecule has 0 N–H and O–H groups in total. The molecule has 3 nitrogen and oxygen atoms in total. The normalized spacial score (nSPS) is 11.6. The first-order valence-electron chi connectivity index (χ1n) is 5.64. The van der Waals surface area contributed by atoms with Crippen molar-refractivity contribution in [3.05, 3.63) is 24.0 Å². The van der Waals surface area contributed by atoms with Gasteiger partial charge in [0.2, 0.25) is 0 Å². The molecule has 1 rings (SSSR count). The Balaban J connectivity index is 2.49. The van der Waals surface area contributed by atoms with Crippen molar-refractivity contribution in [2.75, 3.05) is 33.5 Å². The van der Waals surface area contributed by atoms with Gasteiger partial charge in [-0.3, -0.25) is 0 Å². The smallest absolute Gasteiger partial charge is 0.488 e. The molecule has 0 aliphatic rings. The summed E-state index contributed by atoms with van der Waals surface area (Å²) in [5, 5.41) is 0. The van der Waals surface area contributed by atoms with Crippen LogP contribution in [-0.2, 0) is 9.47 Å². The number of hydrogen-bond donors (Lipinski definition) is 0. The van der Waals surface area contributed by atoms with E-state index >= 15 is 0 Å². The SMILES string of the molecule is COCCOCCOc1cc([B-](F)(F)F)ccc1F. The molecule has 0 atom stereocenters. The van der Waals surface area contributed by atoms with Crippen LogP contribution >= 0.6 is 0 Å². The molecule has 0 fully saturated rings. The van der Waals surface area contributed by atoms with Crippen LogP contribution in [-0.4, -0.2) is 40.5 Å². The second kappa shape index (κ2) is 7.35. The largest absolute Gasteiger partial charge is 0.509 e. The summed E-state index contributed by atoms with van der Waals surface area (Å²) >= 11 is 0. The van der Waals surface area contributed by atoms with E-state index in [1.54, 1.807) is 0 Å². The van der Waals surface area contributed by atoms with Crippen LogP contribution < -0.4 is 10.2 Å². The zero-order valence-corrected chi connectivity index (χ0v) is 10.4.